The lowest BCUT2D eigenvalue weighted by molar-refractivity contribution is 0.120. The zero-order valence-electron chi connectivity index (χ0n) is 11.6. The van der Waals surface area contributed by atoms with Crippen LogP contribution in [-0.2, 0) is 14.9 Å². The van der Waals surface area contributed by atoms with Crippen LogP contribution in [0.25, 0.3) is 0 Å². The molecular weight excluding hydrogens is 270 g/mol. The maximum atomic E-state index is 12.2. The fraction of sp³-hybridized carbons (Fsp3) is 0.909. The molecule has 1 rings (SSSR count). The molecule has 1 fully saturated rings. The number of carbonyl (C=O) groups is 1. The van der Waals surface area contributed by atoms with Crippen molar-refractivity contribution in [2.75, 3.05) is 6.54 Å². The van der Waals surface area contributed by atoms with Crippen molar-refractivity contribution in [3.8, 4) is 0 Å². The Labute approximate surface area is 114 Å². The van der Waals surface area contributed by atoms with Gasteiger partial charge in [-0.25, -0.2) is 9.52 Å². The molecule has 1 aliphatic rings. The van der Waals surface area contributed by atoms with Crippen LogP contribution in [-0.4, -0.2) is 43.5 Å². The summed E-state index contributed by atoms with van der Waals surface area (Å²) in [6.07, 6.45) is 1.08. The first-order chi connectivity index (χ1) is 8.74. The minimum atomic E-state index is -3.89. The van der Waals surface area contributed by atoms with Crippen LogP contribution in [0.3, 0.4) is 0 Å². The Morgan fingerprint density at radius 1 is 1.37 bits per heavy atom. The number of amides is 1. The average molecular weight is 293 g/mol. The van der Waals surface area contributed by atoms with Crippen molar-refractivity contribution < 1.29 is 17.9 Å². The van der Waals surface area contributed by atoms with Gasteiger partial charge in [0.15, 0.2) is 0 Å². The number of nitrogens with one attached hydrogen (secondary N) is 1. The largest absolute Gasteiger partial charge is 0.446 e. The topological polar surface area (TPSA) is 102 Å². The van der Waals surface area contributed by atoms with Crippen LogP contribution in [0.2, 0.25) is 0 Å². The third kappa shape index (κ3) is 4.63. The van der Waals surface area contributed by atoms with Crippen LogP contribution in [0.15, 0.2) is 0 Å². The normalized spacial score (nSPS) is 23.1. The van der Waals surface area contributed by atoms with E-state index in [1.165, 1.54) is 4.31 Å². The summed E-state index contributed by atoms with van der Waals surface area (Å²) in [5, 5.41) is 0. The highest BCUT2D eigenvalue weighted by molar-refractivity contribution is 7.87. The van der Waals surface area contributed by atoms with E-state index in [4.69, 9.17) is 10.5 Å². The quantitative estimate of drug-likeness (QED) is 0.789. The van der Waals surface area contributed by atoms with Gasteiger partial charge < -0.3 is 10.5 Å². The molecule has 19 heavy (non-hydrogen) atoms. The first-order valence-corrected chi connectivity index (χ1v) is 7.94. The molecule has 0 saturated carbocycles. The lowest BCUT2D eigenvalue weighted by Crippen LogP contribution is -2.55. The van der Waals surface area contributed by atoms with Gasteiger partial charge in [-0.2, -0.15) is 12.7 Å². The van der Waals surface area contributed by atoms with Crippen molar-refractivity contribution in [2.45, 2.75) is 58.2 Å². The summed E-state index contributed by atoms with van der Waals surface area (Å²) in [6.45, 7) is 5.44. The lowest BCUT2D eigenvalue weighted by Gasteiger charge is -2.36. The minimum absolute atomic E-state index is 0.280. The molecule has 1 amide bonds. The van der Waals surface area contributed by atoms with Gasteiger partial charge in [-0.3, -0.25) is 0 Å². The predicted molar refractivity (Wildman–Crippen MR) is 71.7 cm³/mol. The minimum Gasteiger partial charge on any atom is -0.446 e. The van der Waals surface area contributed by atoms with Crippen LogP contribution in [0.1, 0.15) is 40.0 Å². The third-order valence-electron chi connectivity index (χ3n) is 2.97. The zero-order valence-corrected chi connectivity index (χ0v) is 12.4. The van der Waals surface area contributed by atoms with Crippen LogP contribution < -0.4 is 10.5 Å². The van der Waals surface area contributed by atoms with Gasteiger partial charge in [0, 0.05) is 18.6 Å². The number of carbonyl (C=O) groups excluding carboxylic acids is 1. The van der Waals surface area contributed by atoms with Crippen molar-refractivity contribution in [1.82, 2.24) is 9.03 Å². The Morgan fingerprint density at radius 2 is 2.00 bits per heavy atom. The van der Waals surface area contributed by atoms with Gasteiger partial charge in [0.2, 0.25) is 0 Å². The molecule has 1 heterocycles. The number of hydrogen-bond acceptors (Lipinski definition) is 5. The molecule has 0 spiro atoms. The standard InChI is InChI=1S/C11H23N3O4S/c1-8(2)18-11(15)13-19(16,17)14-7-5-4-6-10(14)9(3)12/h8-10H,4-7,12H2,1-3H3,(H,13,15). The first kappa shape index (κ1) is 16.2. The molecule has 1 aliphatic heterocycles. The van der Waals surface area contributed by atoms with Gasteiger partial charge in [0.25, 0.3) is 0 Å². The van der Waals surface area contributed by atoms with E-state index in [-0.39, 0.29) is 18.2 Å². The molecule has 0 aromatic heterocycles. The molecule has 2 atom stereocenters. The number of hydrogen-bond donors (Lipinski definition) is 2. The number of rotatable bonds is 4. The fourth-order valence-electron chi connectivity index (χ4n) is 2.16. The van der Waals surface area contributed by atoms with Crippen molar-refractivity contribution in [1.29, 1.82) is 0 Å². The zero-order chi connectivity index (χ0) is 14.6. The Morgan fingerprint density at radius 3 is 2.53 bits per heavy atom. The Balaban J connectivity index is 2.77. The molecule has 7 nitrogen and oxygen atoms in total. The smallest absolute Gasteiger partial charge is 0.422 e. The lowest BCUT2D eigenvalue weighted by atomic mass is 10.00. The van der Waals surface area contributed by atoms with Gasteiger partial charge in [0.1, 0.15) is 0 Å². The van der Waals surface area contributed by atoms with Crippen LogP contribution in [0, 0.1) is 0 Å². The molecule has 3 N–H and O–H groups in total. The summed E-state index contributed by atoms with van der Waals surface area (Å²) < 4.78 is 32.3. The summed E-state index contributed by atoms with van der Waals surface area (Å²) in [5.41, 5.74) is 5.82. The van der Waals surface area contributed by atoms with E-state index in [1.807, 2.05) is 4.72 Å². The summed E-state index contributed by atoms with van der Waals surface area (Å²) in [5.74, 6) is 0. The van der Waals surface area contributed by atoms with E-state index in [0.29, 0.717) is 13.0 Å². The van der Waals surface area contributed by atoms with Crippen molar-refractivity contribution in [3.05, 3.63) is 0 Å². The third-order valence-corrected chi connectivity index (χ3v) is 4.46. The van der Waals surface area contributed by atoms with E-state index in [9.17, 15) is 13.2 Å². The van der Waals surface area contributed by atoms with E-state index < -0.39 is 16.3 Å². The second-order valence-electron chi connectivity index (χ2n) is 5.09. The molecule has 0 radical (unpaired) electrons. The molecule has 0 aromatic carbocycles. The molecule has 112 valence electrons. The molecule has 0 aromatic rings. The van der Waals surface area contributed by atoms with Crippen molar-refractivity contribution in [2.24, 2.45) is 5.73 Å². The van der Waals surface area contributed by atoms with Gasteiger partial charge in [-0.1, -0.05) is 6.42 Å². The predicted octanol–water partition coefficient (Wildman–Crippen LogP) is 0.568. The molecular formula is C11H23N3O4S. The van der Waals surface area contributed by atoms with Crippen LogP contribution in [0.4, 0.5) is 4.79 Å². The molecule has 2 unspecified atom stereocenters. The highest BCUT2D eigenvalue weighted by Gasteiger charge is 2.35. The second kappa shape index (κ2) is 6.53. The van der Waals surface area contributed by atoms with Crippen molar-refractivity contribution >= 4 is 16.3 Å². The monoisotopic (exact) mass is 293 g/mol. The average Bonchev–Trinajstić information content (AvgIpc) is 2.26. The molecule has 0 aliphatic carbocycles. The number of piperidine rings is 1. The molecule has 8 heteroatoms. The number of nitrogens with two attached hydrogens (primary N) is 1. The maximum Gasteiger partial charge on any atom is 0.422 e. The summed E-state index contributed by atoms with van der Waals surface area (Å²) in [7, 11) is -3.89. The SMILES string of the molecule is CC(C)OC(=O)NS(=O)(=O)N1CCCCC1C(C)N. The summed E-state index contributed by atoms with van der Waals surface area (Å²) in [4.78, 5) is 11.4. The van der Waals surface area contributed by atoms with E-state index in [0.717, 1.165) is 12.8 Å². The Hall–Kier alpha value is -0.860. The summed E-state index contributed by atoms with van der Waals surface area (Å²) in [6, 6.07) is -0.559. The Kier molecular flexibility index (Phi) is 5.57. The van der Waals surface area contributed by atoms with Gasteiger partial charge in [-0.05, 0) is 33.6 Å². The maximum absolute atomic E-state index is 12.2. The molecule has 1 saturated heterocycles. The first-order valence-electron chi connectivity index (χ1n) is 6.50. The Bertz CT molecular complexity index is 408. The fourth-order valence-corrected chi connectivity index (χ4v) is 3.56. The van der Waals surface area contributed by atoms with E-state index in [1.54, 1.807) is 20.8 Å². The van der Waals surface area contributed by atoms with Crippen LogP contribution in [0.5, 0.6) is 0 Å². The van der Waals surface area contributed by atoms with Gasteiger partial charge in [0.05, 0.1) is 6.10 Å². The number of nitrogens with zero attached hydrogens (tertiary/aromatic N) is 1. The van der Waals surface area contributed by atoms with Gasteiger partial charge >= 0.3 is 16.3 Å². The number of ether oxygens (including phenoxy) is 1. The van der Waals surface area contributed by atoms with E-state index >= 15 is 0 Å². The molecule has 0 bridgehead atoms. The van der Waals surface area contributed by atoms with E-state index in [2.05, 4.69) is 0 Å². The highest BCUT2D eigenvalue weighted by atomic mass is 32.2. The van der Waals surface area contributed by atoms with Crippen molar-refractivity contribution in [3.63, 3.8) is 0 Å². The highest BCUT2D eigenvalue weighted by Crippen LogP contribution is 2.21. The summed E-state index contributed by atoms with van der Waals surface area (Å²) >= 11 is 0. The van der Waals surface area contributed by atoms with Crippen LogP contribution >= 0.6 is 0 Å². The van der Waals surface area contributed by atoms with Gasteiger partial charge in [-0.15, -0.1) is 0 Å². The second-order valence-corrected chi connectivity index (χ2v) is 6.72.